The van der Waals surface area contributed by atoms with Crippen LogP contribution in [0, 0.1) is 0 Å². The molecular weight excluding hydrogens is 500 g/mol. The fraction of sp³-hybridized carbons (Fsp3) is 0.323. The molecule has 1 atom stereocenters. The Morgan fingerprint density at radius 3 is 2.45 bits per heavy atom. The van der Waals surface area contributed by atoms with Gasteiger partial charge < -0.3 is 25.4 Å². The van der Waals surface area contributed by atoms with Crippen molar-refractivity contribution in [2.45, 2.75) is 25.4 Å². The van der Waals surface area contributed by atoms with E-state index in [2.05, 4.69) is 84.9 Å². The Kier molecular flexibility index (Phi) is 7.74. The van der Waals surface area contributed by atoms with Crippen molar-refractivity contribution in [2.75, 3.05) is 48.3 Å². The minimum atomic E-state index is -0.0979. The number of amides is 1. The first-order valence-corrected chi connectivity index (χ1v) is 14.0. The van der Waals surface area contributed by atoms with Crippen LogP contribution in [0.25, 0.3) is 11.3 Å². The molecular formula is C31H36N8O. The summed E-state index contributed by atoms with van der Waals surface area (Å²) in [6, 6.07) is 22.4. The predicted octanol–water partition coefficient (Wildman–Crippen LogP) is 4.24. The van der Waals surface area contributed by atoms with Crippen LogP contribution in [0.3, 0.4) is 0 Å². The number of carbonyl (C=O) groups is 1. The zero-order chi connectivity index (χ0) is 27.3. The molecule has 2 aliphatic heterocycles. The van der Waals surface area contributed by atoms with Crippen molar-refractivity contribution in [1.82, 2.24) is 24.8 Å². The number of nitrogens with zero attached hydrogens (tertiary/aromatic N) is 5. The number of carbonyl (C=O) groups excluding carboxylic acids is 1. The fourth-order valence-electron chi connectivity index (χ4n) is 5.38. The van der Waals surface area contributed by atoms with E-state index in [1.807, 2.05) is 30.3 Å². The third-order valence-corrected chi connectivity index (χ3v) is 7.78. The normalized spacial score (nSPS) is 17.6. The molecule has 0 saturated carbocycles. The topological polar surface area (TPSA) is 90.4 Å². The van der Waals surface area contributed by atoms with Crippen LogP contribution in [0.4, 0.5) is 23.0 Å². The van der Waals surface area contributed by atoms with Crippen molar-refractivity contribution in [3.05, 3.63) is 84.8 Å². The number of aromatic nitrogens is 3. The Hall–Kier alpha value is -4.21. The molecule has 1 unspecified atom stereocenters. The second kappa shape index (κ2) is 11.9. The maximum absolute atomic E-state index is 12.4. The molecule has 4 aromatic rings. The molecule has 6 rings (SSSR count). The molecule has 2 saturated heterocycles. The van der Waals surface area contributed by atoms with Gasteiger partial charge in [-0.05, 0) is 74.0 Å². The van der Waals surface area contributed by atoms with Gasteiger partial charge in [-0.15, -0.1) is 0 Å². The van der Waals surface area contributed by atoms with Crippen molar-refractivity contribution in [3.8, 4) is 11.3 Å². The average Bonchev–Trinajstić information content (AvgIpc) is 3.67. The van der Waals surface area contributed by atoms with E-state index in [9.17, 15) is 4.79 Å². The summed E-state index contributed by atoms with van der Waals surface area (Å²) >= 11 is 0. The van der Waals surface area contributed by atoms with E-state index in [0.29, 0.717) is 5.95 Å². The van der Waals surface area contributed by atoms with Crippen molar-refractivity contribution in [3.63, 3.8) is 0 Å². The van der Waals surface area contributed by atoms with Gasteiger partial charge in [0, 0.05) is 80.5 Å². The summed E-state index contributed by atoms with van der Waals surface area (Å²) in [6.07, 6.45) is 5.79. The summed E-state index contributed by atoms with van der Waals surface area (Å²) in [6.45, 7) is 6.04. The molecule has 4 heterocycles. The first-order chi connectivity index (χ1) is 19.6. The van der Waals surface area contributed by atoms with Crippen LogP contribution >= 0.6 is 0 Å². The van der Waals surface area contributed by atoms with Gasteiger partial charge in [0.2, 0.25) is 11.9 Å². The summed E-state index contributed by atoms with van der Waals surface area (Å²) in [7, 11) is 2.11. The van der Waals surface area contributed by atoms with E-state index in [1.165, 1.54) is 11.4 Å². The van der Waals surface area contributed by atoms with Crippen molar-refractivity contribution >= 4 is 28.9 Å². The maximum Gasteiger partial charge on any atom is 0.241 e. The van der Waals surface area contributed by atoms with E-state index < -0.39 is 0 Å². The lowest BCUT2D eigenvalue weighted by Gasteiger charge is -2.36. The van der Waals surface area contributed by atoms with Crippen molar-refractivity contribution in [2.24, 2.45) is 7.05 Å². The molecule has 0 radical (unpaired) electrons. The van der Waals surface area contributed by atoms with Gasteiger partial charge in [0.05, 0.1) is 11.7 Å². The standard InChI is InChI=1S/C31H36N8O/c1-37-17-3-4-27(37)22-38-18-20-39(21-19-38)26-12-10-25(11-13-26)35-31-33-16-14-28(36-31)23-6-8-24(9-7-23)34-30(40)29-5-2-15-32-29/h3-4,6-14,16-17,29,32H,2,5,15,18-22H2,1H3,(H,34,40)(H,33,35,36). The number of hydrogen-bond donors (Lipinski definition) is 3. The number of hydrogen-bond acceptors (Lipinski definition) is 7. The number of piperazine rings is 1. The van der Waals surface area contributed by atoms with Crippen LogP contribution in [-0.2, 0) is 18.4 Å². The van der Waals surface area contributed by atoms with Gasteiger partial charge in [0.1, 0.15) is 0 Å². The summed E-state index contributed by atoms with van der Waals surface area (Å²) in [4.78, 5) is 26.5. The van der Waals surface area contributed by atoms with Crippen molar-refractivity contribution < 1.29 is 4.79 Å². The second-order valence-corrected chi connectivity index (χ2v) is 10.5. The Morgan fingerprint density at radius 2 is 1.75 bits per heavy atom. The fourth-order valence-corrected chi connectivity index (χ4v) is 5.38. The molecule has 3 N–H and O–H groups in total. The van der Waals surface area contributed by atoms with E-state index in [0.717, 1.165) is 74.7 Å². The summed E-state index contributed by atoms with van der Waals surface area (Å²) in [5.41, 5.74) is 6.10. The van der Waals surface area contributed by atoms with Gasteiger partial charge in [-0.2, -0.15) is 0 Å². The van der Waals surface area contributed by atoms with E-state index >= 15 is 0 Å². The molecule has 9 nitrogen and oxygen atoms in total. The largest absolute Gasteiger partial charge is 0.369 e. The van der Waals surface area contributed by atoms with Gasteiger partial charge >= 0.3 is 0 Å². The molecule has 0 bridgehead atoms. The molecule has 0 spiro atoms. The number of nitrogens with one attached hydrogen (secondary N) is 3. The highest BCUT2D eigenvalue weighted by molar-refractivity contribution is 5.95. The Labute approximate surface area is 235 Å². The lowest BCUT2D eigenvalue weighted by Crippen LogP contribution is -2.46. The Balaban J connectivity index is 1.03. The van der Waals surface area contributed by atoms with Gasteiger partial charge in [-0.25, -0.2) is 9.97 Å². The van der Waals surface area contributed by atoms with Crippen LogP contribution in [-0.4, -0.2) is 64.1 Å². The summed E-state index contributed by atoms with van der Waals surface area (Å²) in [5.74, 6) is 0.569. The van der Waals surface area contributed by atoms with E-state index in [4.69, 9.17) is 4.98 Å². The number of benzene rings is 2. The smallest absolute Gasteiger partial charge is 0.241 e. The third-order valence-electron chi connectivity index (χ3n) is 7.78. The minimum absolute atomic E-state index is 0.0232. The second-order valence-electron chi connectivity index (χ2n) is 10.5. The third kappa shape index (κ3) is 6.16. The lowest BCUT2D eigenvalue weighted by atomic mass is 10.1. The van der Waals surface area contributed by atoms with Crippen LogP contribution in [0.5, 0.6) is 0 Å². The van der Waals surface area contributed by atoms with Crippen LogP contribution in [0.2, 0.25) is 0 Å². The maximum atomic E-state index is 12.4. The van der Waals surface area contributed by atoms with E-state index in [-0.39, 0.29) is 11.9 Å². The zero-order valence-electron chi connectivity index (χ0n) is 22.9. The molecule has 2 aromatic heterocycles. The van der Waals surface area contributed by atoms with Gasteiger partial charge in [0.15, 0.2) is 0 Å². The highest BCUT2D eigenvalue weighted by Gasteiger charge is 2.22. The molecule has 1 amide bonds. The van der Waals surface area contributed by atoms with Crippen LogP contribution in [0.15, 0.2) is 79.1 Å². The van der Waals surface area contributed by atoms with E-state index in [1.54, 1.807) is 6.20 Å². The van der Waals surface area contributed by atoms with Crippen LogP contribution in [0.1, 0.15) is 18.5 Å². The SMILES string of the molecule is Cn1cccc1CN1CCN(c2ccc(Nc3nccc(-c4ccc(NC(=O)C5CCCN5)cc4)n3)cc2)CC1. The van der Waals surface area contributed by atoms with Gasteiger partial charge in [-0.1, -0.05) is 12.1 Å². The Morgan fingerprint density at radius 1 is 0.975 bits per heavy atom. The number of aryl methyl sites for hydroxylation is 1. The monoisotopic (exact) mass is 536 g/mol. The quantitative estimate of drug-likeness (QED) is 0.310. The zero-order valence-corrected chi connectivity index (χ0v) is 22.9. The molecule has 2 aliphatic rings. The predicted molar refractivity (Wildman–Crippen MR) is 160 cm³/mol. The highest BCUT2D eigenvalue weighted by Crippen LogP contribution is 2.24. The van der Waals surface area contributed by atoms with Gasteiger partial charge in [-0.3, -0.25) is 9.69 Å². The average molecular weight is 537 g/mol. The minimum Gasteiger partial charge on any atom is -0.369 e. The van der Waals surface area contributed by atoms with Gasteiger partial charge in [0.25, 0.3) is 0 Å². The number of anilines is 4. The molecule has 0 aliphatic carbocycles. The molecule has 9 heteroatoms. The lowest BCUT2D eigenvalue weighted by molar-refractivity contribution is -0.117. The first-order valence-electron chi connectivity index (χ1n) is 14.0. The highest BCUT2D eigenvalue weighted by atomic mass is 16.2. The molecule has 206 valence electrons. The first kappa shape index (κ1) is 26.0. The Bertz CT molecular complexity index is 1420. The van der Waals surface area contributed by atoms with Crippen molar-refractivity contribution in [1.29, 1.82) is 0 Å². The summed E-state index contributed by atoms with van der Waals surface area (Å²) in [5, 5.41) is 9.56. The molecule has 40 heavy (non-hydrogen) atoms. The summed E-state index contributed by atoms with van der Waals surface area (Å²) < 4.78 is 2.20. The number of rotatable bonds is 8. The molecule has 2 fully saturated rings. The molecule has 2 aromatic carbocycles. The van der Waals surface area contributed by atoms with Crippen LogP contribution < -0.4 is 20.9 Å².